The number of rotatable bonds is 5. The Hall–Kier alpha value is -0.610. The van der Waals surface area contributed by atoms with Crippen LogP contribution in [0, 0.1) is 0 Å². The standard InChI is InChI=1S/C18H36N6O.HI/c1-15(2)23-8-5-17(6-9-23)21-18(19-4)20-7-10-22-11-13-24(14-12-22)16(3)25;/h15,17H,5-14H2,1-4H3,(H2,19,20,21);1H. The third-order valence-electron chi connectivity index (χ3n) is 5.36. The maximum atomic E-state index is 11.4. The van der Waals surface area contributed by atoms with Crippen molar-refractivity contribution in [3.05, 3.63) is 0 Å². The monoisotopic (exact) mass is 480 g/mol. The first-order valence-corrected chi connectivity index (χ1v) is 9.68. The van der Waals surface area contributed by atoms with Gasteiger partial charge < -0.3 is 20.4 Å². The van der Waals surface area contributed by atoms with E-state index in [0.717, 1.165) is 58.3 Å². The zero-order valence-electron chi connectivity index (χ0n) is 16.8. The maximum absolute atomic E-state index is 11.4. The highest BCUT2D eigenvalue weighted by molar-refractivity contribution is 14.0. The Morgan fingerprint density at radius 1 is 1.12 bits per heavy atom. The van der Waals surface area contributed by atoms with Gasteiger partial charge in [0.1, 0.15) is 0 Å². The van der Waals surface area contributed by atoms with Crippen molar-refractivity contribution >= 4 is 35.8 Å². The van der Waals surface area contributed by atoms with Crippen molar-refractivity contribution in [2.24, 2.45) is 4.99 Å². The molecule has 0 aromatic heterocycles. The molecule has 0 radical (unpaired) electrons. The molecular formula is C18H37IN6O. The number of carbonyl (C=O) groups excluding carboxylic acids is 1. The molecule has 2 heterocycles. The zero-order valence-corrected chi connectivity index (χ0v) is 19.2. The summed E-state index contributed by atoms with van der Waals surface area (Å²) in [6.07, 6.45) is 2.35. The van der Waals surface area contributed by atoms with E-state index in [0.29, 0.717) is 12.1 Å². The minimum Gasteiger partial charge on any atom is -0.355 e. The van der Waals surface area contributed by atoms with Crippen LogP contribution in [0.3, 0.4) is 0 Å². The molecule has 2 fully saturated rings. The van der Waals surface area contributed by atoms with E-state index in [2.05, 4.69) is 39.3 Å². The second-order valence-corrected chi connectivity index (χ2v) is 7.40. The molecule has 0 saturated carbocycles. The van der Waals surface area contributed by atoms with E-state index < -0.39 is 0 Å². The normalized spacial score (nSPS) is 20.8. The summed E-state index contributed by atoms with van der Waals surface area (Å²) < 4.78 is 0. The first-order valence-electron chi connectivity index (χ1n) is 9.68. The molecule has 1 amide bonds. The van der Waals surface area contributed by atoms with Crippen LogP contribution in [-0.4, -0.2) is 98.1 Å². The molecule has 0 bridgehead atoms. The number of carbonyl (C=O) groups is 1. The molecule has 26 heavy (non-hydrogen) atoms. The van der Waals surface area contributed by atoms with E-state index in [1.165, 1.54) is 12.8 Å². The van der Waals surface area contributed by atoms with Crippen LogP contribution < -0.4 is 10.6 Å². The predicted molar refractivity (Wildman–Crippen MR) is 118 cm³/mol. The number of nitrogens with zero attached hydrogens (tertiary/aromatic N) is 4. The molecule has 0 atom stereocenters. The van der Waals surface area contributed by atoms with Gasteiger partial charge in [-0.15, -0.1) is 24.0 Å². The van der Waals surface area contributed by atoms with Crippen LogP contribution in [0.15, 0.2) is 4.99 Å². The highest BCUT2D eigenvalue weighted by atomic mass is 127. The quantitative estimate of drug-likeness (QED) is 0.347. The minimum atomic E-state index is 0. The third kappa shape index (κ3) is 7.56. The molecule has 0 spiro atoms. The van der Waals surface area contributed by atoms with Gasteiger partial charge in [0.05, 0.1) is 0 Å². The number of hydrogen-bond donors (Lipinski definition) is 2. The molecule has 2 aliphatic heterocycles. The highest BCUT2D eigenvalue weighted by Gasteiger charge is 2.21. The van der Waals surface area contributed by atoms with E-state index in [4.69, 9.17) is 0 Å². The fraction of sp³-hybridized carbons (Fsp3) is 0.889. The maximum Gasteiger partial charge on any atom is 0.219 e. The van der Waals surface area contributed by atoms with E-state index in [-0.39, 0.29) is 29.9 Å². The SMILES string of the molecule is CN=C(NCCN1CCN(C(C)=O)CC1)NC1CCN(C(C)C)CC1.I. The average molecular weight is 480 g/mol. The lowest BCUT2D eigenvalue weighted by molar-refractivity contribution is -0.130. The zero-order chi connectivity index (χ0) is 18.2. The van der Waals surface area contributed by atoms with Crippen molar-refractivity contribution in [3.63, 3.8) is 0 Å². The van der Waals surface area contributed by atoms with Crippen LogP contribution in [-0.2, 0) is 4.79 Å². The number of guanidine groups is 1. The van der Waals surface area contributed by atoms with E-state index in [1.54, 1.807) is 6.92 Å². The molecule has 2 rings (SSSR count). The summed E-state index contributed by atoms with van der Waals surface area (Å²) in [5.41, 5.74) is 0. The summed E-state index contributed by atoms with van der Waals surface area (Å²) in [7, 11) is 1.84. The predicted octanol–water partition coefficient (Wildman–Crippen LogP) is 0.806. The molecule has 0 aromatic carbocycles. The number of halogens is 1. The molecule has 0 unspecified atom stereocenters. The van der Waals surface area contributed by atoms with Crippen LogP contribution in [0.2, 0.25) is 0 Å². The fourth-order valence-corrected chi connectivity index (χ4v) is 3.57. The molecule has 2 N–H and O–H groups in total. The molecule has 0 aliphatic carbocycles. The topological polar surface area (TPSA) is 63.2 Å². The van der Waals surface area contributed by atoms with Crippen LogP contribution in [0.1, 0.15) is 33.6 Å². The van der Waals surface area contributed by atoms with Crippen LogP contribution in [0.5, 0.6) is 0 Å². The Bertz CT molecular complexity index is 443. The van der Waals surface area contributed by atoms with Crippen molar-refractivity contribution < 1.29 is 4.79 Å². The van der Waals surface area contributed by atoms with Gasteiger partial charge in [0, 0.05) is 78.4 Å². The number of hydrogen-bond acceptors (Lipinski definition) is 4. The molecule has 8 heteroatoms. The lowest BCUT2D eigenvalue weighted by atomic mass is 10.0. The first kappa shape index (κ1) is 23.4. The lowest BCUT2D eigenvalue weighted by Gasteiger charge is -2.36. The third-order valence-corrected chi connectivity index (χ3v) is 5.36. The second kappa shape index (κ2) is 12.0. The van der Waals surface area contributed by atoms with Crippen molar-refractivity contribution in [1.29, 1.82) is 0 Å². The Labute approximate surface area is 176 Å². The minimum absolute atomic E-state index is 0. The van der Waals surface area contributed by atoms with E-state index in [1.807, 2.05) is 11.9 Å². The van der Waals surface area contributed by atoms with Gasteiger partial charge in [0.15, 0.2) is 5.96 Å². The van der Waals surface area contributed by atoms with Gasteiger partial charge in [-0.05, 0) is 26.7 Å². The Morgan fingerprint density at radius 2 is 1.73 bits per heavy atom. The van der Waals surface area contributed by atoms with Crippen molar-refractivity contribution in [2.75, 3.05) is 59.4 Å². The highest BCUT2D eigenvalue weighted by Crippen LogP contribution is 2.12. The molecular weight excluding hydrogens is 443 g/mol. The summed E-state index contributed by atoms with van der Waals surface area (Å²) in [6.45, 7) is 14.0. The Morgan fingerprint density at radius 3 is 2.23 bits per heavy atom. The molecule has 7 nitrogen and oxygen atoms in total. The summed E-state index contributed by atoms with van der Waals surface area (Å²) >= 11 is 0. The Kier molecular flexibility index (Phi) is 10.8. The van der Waals surface area contributed by atoms with Crippen LogP contribution in [0.25, 0.3) is 0 Å². The summed E-state index contributed by atoms with van der Waals surface area (Å²) in [4.78, 5) is 22.6. The second-order valence-electron chi connectivity index (χ2n) is 7.40. The van der Waals surface area contributed by atoms with Crippen molar-refractivity contribution in [3.8, 4) is 0 Å². The first-order chi connectivity index (χ1) is 12.0. The van der Waals surface area contributed by atoms with Gasteiger partial charge in [-0.3, -0.25) is 14.7 Å². The summed E-state index contributed by atoms with van der Waals surface area (Å²) in [5.74, 6) is 1.09. The van der Waals surface area contributed by atoms with Gasteiger partial charge in [-0.2, -0.15) is 0 Å². The molecule has 2 saturated heterocycles. The number of aliphatic imine (C=N–C) groups is 1. The number of piperidine rings is 1. The number of nitrogens with one attached hydrogen (secondary N) is 2. The van der Waals surface area contributed by atoms with Gasteiger partial charge in [-0.25, -0.2) is 0 Å². The van der Waals surface area contributed by atoms with Crippen LogP contribution in [0.4, 0.5) is 0 Å². The van der Waals surface area contributed by atoms with Crippen molar-refractivity contribution in [1.82, 2.24) is 25.3 Å². The largest absolute Gasteiger partial charge is 0.355 e. The smallest absolute Gasteiger partial charge is 0.219 e. The fourth-order valence-electron chi connectivity index (χ4n) is 3.57. The number of likely N-dealkylation sites (tertiary alicyclic amines) is 1. The molecule has 2 aliphatic rings. The molecule has 0 aromatic rings. The summed E-state index contributed by atoms with van der Waals surface area (Å²) in [5, 5.41) is 7.00. The average Bonchev–Trinajstić information content (AvgIpc) is 2.61. The van der Waals surface area contributed by atoms with E-state index >= 15 is 0 Å². The Balaban J connectivity index is 0.00000338. The lowest BCUT2D eigenvalue weighted by Crippen LogP contribution is -2.52. The number of piperazine rings is 1. The van der Waals surface area contributed by atoms with E-state index in [9.17, 15) is 4.79 Å². The number of amides is 1. The van der Waals surface area contributed by atoms with Gasteiger partial charge in [0.25, 0.3) is 0 Å². The van der Waals surface area contributed by atoms with Gasteiger partial charge in [0.2, 0.25) is 5.91 Å². The van der Waals surface area contributed by atoms with Crippen molar-refractivity contribution in [2.45, 2.75) is 45.7 Å². The van der Waals surface area contributed by atoms with Gasteiger partial charge >= 0.3 is 0 Å². The van der Waals surface area contributed by atoms with Gasteiger partial charge in [-0.1, -0.05) is 0 Å². The summed E-state index contributed by atoms with van der Waals surface area (Å²) in [6, 6.07) is 1.15. The molecule has 152 valence electrons. The van der Waals surface area contributed by atoms with Crippen LogP contribution >= 0.6 is 24.0 Å².